The van der Waals surface area contributed by atoms with Crippen molar-refractivity contribution in [2.45, 2.75) is 38.9 Å². The SMILES string of the molecule is CCC1(C)C(O)CC1Oc1ccc(F)cc1Br. The molecule has 2 nitrogen and oxygen atoms in total. The van der Waals surface area contributed by atoms with Gasteiger partial charge in [0, 0.05) is 11.8 Å². The molecule has 0 amide bonds. The van der Waals surface area contributed by atoms with Crippen LogP contribution in [0.5, 0.6) is 5.75 Å². The van der Waals surface area contributed by atoms with Crippen LogP contribution in [0.3, 0.4) is 0 Å². The van der Waals surface area contributed by atoms with Gasteiger partial charge in [0.05, 0.1) is 10.6 Å². The molecule has 94 valence electrons. The summed E-state index contributed by atoms with van der Waals surface area (Å²) in [5.41, 5.74) is -0.201. The fourth-order valence-electron chi connectivity index (χ4n) is 2.17. The number of aliphatic hydroxyl groups excluding tert-OH is 1. The van der Waals surface area contributed by atoms with E-state index in [1.807, 2.05) is 13.8 Å². The molecule has 4 heteroatoms. The highest BCUT2D eigenvalue weighted by Gasteiger charge is 2.51. The molecular weight excluding hydrogens is 287 g/mol. The Hall–Kier alpha value is -0.610. The lowest BCUT2D eigenvalue weighted by molar-refractivity contribution is -0.147. The van der Waals surface area contributed by atoms with Crippen LogP contribution in [0.1, 0.15) is 26.7 Å². The van der Waals surface area contributed by atoms with E-state index in [9.17, 15) is 9.50 Å². The van der Waals surface area contributed by atoms with Gasteiger partial charge in [-0.05, 0) is 40.5 Å². The van der Waals surface area contributed by atoms with Crippen molar-refractivity contribution in [3.63, 3.8) is 0 Å². The highest BCUT2D eigenvalue weighted by Crippen LogP contribution is 2.46. The van der Waals surface area contributed by atoms with Crippen molar-refractivity contribution in [2.24, 2.45) is 5.41 Å². The van der Waals surface area contributed by atoms with Gasteiger partial charge in [-0.15, -0.1) is 0 Å². The molecule has 3 unspecified atom stereocenters. The van der Waals surface area contributed by atoms with E-state index in [1.54, 1.807) is 6.07 Å². The van der Waals surface area contributed by atoms with E-state index >= 15 is 0 Å². The Morgan fingerprint density at radius 2 is 2.29 bits per heavy atom. The van der Waals surface area contributed by atoms with E-state index in [2.05, 4.69) is 15.9 Å². The Kier molecular flexibility index (Phi) is 3.46. The summed E-state index contributed by atoms with van der Waals surface area (Å²) >= 11 is 3.28. The van der Waals surface area contributed by atoms with E-state index < -0.39 is 0 Å². The predicted octanol–water partition coefficient (Wildman–Crippen LogP) is 3.52. The molecule has 0 aromatic heterocycles. The lowest BCUT2D eigenvalue weighted by Gasteiger charge is -2.50. The number of aliphatic hydroxyl groups is 1. The van der Waals surface area contributed by atoms with Gasteiger partial charge < -0.3 is 9.84 Å². The summed E-state index contributed by atoms with van der Waals surface area (Å²) in [5.74, 6) is 0.332. The summed E-state index contributed by atoms with van der Waals surface area (Å²) < 4.78 is 19.4. The van der Waals surface area contributed by atoms with Crippen molar-refractivity contribution in [1.82, 2.24) is 0 Å². The van der Waals surface area contributed by atoms with E-state index in [0.29, 0.717) is 16.6 Å². The molecule has 1 aromatic rings. The highest BCUT2D eigenvalue weighted by molar-refractivity contribution is 9.10. The first-order valence-corrected chi connectivity index (χ1v) is 6.56. The fraction of sp³-hybridized carbons (Fsp3) is 0.538. The normalized spacial score (nSPS) is 32.1. The molecule has 2 rings (SSSR count). The maximum atomic E-state index is 12.9. The third kappa shape index (κ3) is 2.20. The van der Waals surface area contributed by atoms with E-state index in [1.165, 1.54) is 12.1 Å². The largest absolute Gasteiger partial charge is 0.488 e. The first-order valence-electron chi connectivity index (χ1n) is 5.77. The van der Waals surface area contributed by atoms with Crippen LogP contribution in [-0.2, 0) is 0 Å². The average molecular weight is 303 g/mol. The maximum Gasteiger partial charge on any atom is 0.134 e. The molecule has 0 heterocycles. The Balaban J connectivity index is 2.12. The zero-order valence-electron chi connectivity index (χ0n) is 9.91. The second-order valence-electron chi connectivity index (χ2n) is 4.79. The third-order valence-corrected chi connectivity index (χ3v) is 4.48. The maximum absolute atomic E-state index is 12.9. The van der Waals surface area contributed by atoms with Gasteiger partial charge in [0.1, 0.15) is 17.7 Å². The minimum absolute atomic E-state index is 0.00994. The molecule has 1 saturated carbocycles. The molecule has 0 spiro atoms. The van der Waals surface area contributed by atoms with Crippen LogP contribution in [0.4, 0.5) is 4.39 Å². The summed E-state index contributed by atoms with van der Waals surface area (Å²) in [6.45, 7) is 4.06. The number of hydrogen-bond donors (Lipinski definition) is 1. The van der Waals surface area contributed by atoms with Crippen molar-refractivity contribution in [2.75, 3.05) is 0 Å². The predicted molar refractivity (Wildman–Crippen MR) is 67.5 cm³/mol. The number of benzene rings is 1. The smallest absolute Gasteiger partial charge is 0.134 e. The molecule has 0 bridgehead atoms. The topological polar surface area (TPSA) is 29.5 Å². The molecule has 1 aliphatic carbocycles. The lowest BCUT2D eigenvalue weighted by atomic mass is 9.63. The highest BCUT2D eigenvalue weighted by atomic mass is 79.9. The van der Waals surface area contributed by atoms with Crippen LogP contribution in [0.25, 0.3) is 0 Å². The second-order valence-corrected chi connectivity index (χ2v) is 5.65. The first-order chi connectivity index (χ1) is 7.97. The standard InChI is InChI=1S/C13H16BrFO2/c1-3-13(2)11(16)7-12(13)17-10-5-4-8(15)6-9(10)14/h4-6,11-12,16H,3,7H2,1-2H3. The molecule has 17 heavy (non-hydrogen) atoms. The Labute approximate surface area is 109 Å². The number of rotatable bonds is 3. The van der Waals surface area contributed by atoms with Gasteiger partial charge in [-0.1, -0.05) is 13.8 Å². The van der Waals surface area contributed by atoms with Gasteiger partial charge in [0.2, 0.25) is 0 Å². The number of halogens is 2. The molecule has 1 N–H and O–H groups in total. The third-order valence-electron chi connectivity index (χ3n) is 3.86. The van der Waals surface area contributed by atoms with Crippen LogP contribution >= 0.6 is 15.9 Å². The second kappa shape index (κ2) is 4.58. The molecule has 0 radical (unpaired) electrons. The van der Waals surface area contributed by atoms with Crippen molar-refractivity contribution in [1.29, 1.82) is 0 Å². The molecule has 3 atom stereocenters. The van der Waals surface area contributed by atoms with Crippen molar-refractivity contribution < 1.29 is 14.2 Å². The van der Waals surface area contributed by atoms with Gasteiger partial charge in [-0.2, -0.15) is 0 Å². The Morgan fingerprint density at radius 3 is 2.82 bits per heavy atom. The Morgan fingerprint density at radius 1 is 1.59 bits per heavy atom. The minimum Gasteiger partial charge on any atom is -0.488 e. The summed E-state index contributed by atoms with van der Waals surface area (Å²) in [6, 6.07) is 4.37. The molecule has 0 saturated heterocycles. The monoisotopic (exact) mass is 302 g/mol. The van der Waals surface area contributed by atoms with Crippen molar-refractivity contribution in [3.05, 3.63) is 28.5 Å². The van der Waals surface area contributed by atoms with Crippen LogP contribution in [-0.4, -0.2) is 17.3 Å². The molecule has 1 aliphatic rings. The summed E-state index contributed by atoms with van der Waals surface area (Å²) in [4.78, 5) is 0. The van der Waals surface area contributed by atoms with Crippen LogP contribution in [0, 0.1) is 11.2 Å². The van der Waals surface area contributed by atoms with Crippen LogP contribution in [0.15, 0.2) is 22.7 Å². The average Bonchev–Trinajstić information content (AvgIpc) is 2.30. The van der Waals surface area contributed by atoms with Gasteiger partial charge in [-0.25, -0.2) is 4.39 Å². The summed E-state index contributed by atoms with van der Waals surface area (Å²) in [7, 11) is 0. The quantitative estimate of drug-likeness (QED) is 0.926. The van der Waals surface area contributed by atoms with E-state index in [4.69, 9.17) is 4.74 Å². The molecule has 1 fully saturated rings. The zero-order valence-corrected chi connectivity index (χ0v) is 11.5. The van der Waals surface area contributed by atoms with Gasteiger partial charge >= 0.3 is 0 Å². The zero-order chi connectivity index (χ0) is 12.6. The van der Waals surface area contributed by atoms with E-state index in [0.717, 1.165) is 6.42 Å². The summed E-state index contributed by atoms with van der Waals surface area (Å²) in [5, 5.41) is 9.78. The Bertz CT molecular complexity index is 424. The molecule has 0 aliphatic heterocycles. The summed E-state index contributed by atoms with van der Waals surface area (Å²) in [6.07, 6.45) is 1.17. The van der Waals surface area contributed by atoms with Crippen LogP contribution in [0.2, 0.25) is 0 Å². The lowest BCUT2D eigenvalue weighted by Crippen LogP contribution is -2.57. The van der Waals surface area contributed by atoms with Gasteiger partial charge in [0.25, 0.3) is 0 Å². The minimum atomic E-state index is -0.309. The first kappa shape index (κ1) is 12.8. The van der Waals surface area contributed by atoms with Crippen LogP contribution < -0.4 is 4.74 Å². The number of hydrogen-bond acceptors (Lipinski definition) is 2. The van der Waals surface area contributed by atoms with E-state index in [-0.39, 0.29) is 23.4 Å². The fourth-order valence-corrected chi connectivity index (χ4v) is 2.61. The van der Waals surface area contributed by atoms with Gasteiger partial charge in [0.15, 0.2) is 0 Å². The molecular formula is C13H16BrFO2. The van der Waals surface area contributed by atoms with Crippen molar-refractivity contribution >= 4 is 15.9 Å². The molecule has 1 aromatic carbocycles. The van der Waals surface area contributed by atoms with Crippen molar-refractivity contribution in [3.8, 4) is 5.75 Å². The number of ether oxygens (including phenoxy) is 1. The van der Waals surface area contributed by atoms with Gasteiger partial charge in [-0.3, -0.25) is 0 Å².